The van der Waals surface area contributed by atoms with Crippen molar-refractivity contribution in [2.45, 2.75) is 34.1 Å². The van der Waals surface area contributed by atoms with Crippen LogP contribution in [0, 0.1) is 19.8 Å². The van der Waals surface area contributed by atoms with E-state index in [2.05, 4.69) is 39.8 Å². The van der Waals surface area contributed by atoms with Gasteiger partial charge in [-0.15, -0.1) is 0 Å². The topological polar surface area (TPSA) is 9.23 Å². The molecule has 0 aliphatic rings. The van der Waals surface area contributed by atoms with Crippen LogP contribution in [-0.2, 0) is 6.42 Å². The zero-order valence-electron chi connectivity index (χ0n) is 9.85. The van der Waals surface area contributed by atoms with Crippen molar-refractivity contribution in [3.05, 3.63) is 28.8 Å². The maximum Gasteiger partial charge on any atom is 0.122 e. The van der Waals surface area contributed by atoms with Crippen LogP contribution in [0.3, 0.4) is 0 Å². The van der Waals surface area contributed by atoms with Gasteiger partial charge >= 0.3 is 0 Å². The lowest BCUT2D eigenvalue weighted by Gasteiger charge is -2.12. The van der Waals surface area contributed by atoms with Crippen LogP contribution in [0.15, 0.2) is 12.1 Å². The van der Waals surface area contributed by atoms with Gasteiger partial charge in [-0.3, -0.25) is 0 Å². The van der Waals surface area contributed by atoms with Gasteiger partial charge in [0.05, 0.1) is 7.11 Å². The first-order valence-electron chi connectivity index (χ1n) is 5.18. The molecule has 0 aliphatic heterocycles. The Morgan fingerprint density at radius 3 is 2.29 bits per heavy atom. The van der Waals surface area contributed by atoms with Gasteiger partial charge in [-0.2, -0.15) is 0 Å². The highest BCUT2D eigenvalue weighted by atomic mass is 16.5. The minimum absolute atomic E-state index is 0.710. The van der Waals surface area contributed by atoms with Crippen molar-refractivity contribution in [2.75, 3.05) is 7.11 Å². The number of ether oxygens (including phenoxy) is 1. The molecule has 0 heterocycles. The Balaban J connectivity index is 3.02. The van der Waals surface area contributed by atoms with Crippen molar-refractivity contribution < 1.29 is 4.74 Å². The maximum atomic E-state index is 5.29. The van der Waals surface area contributed by atoms with E-state index < -0.39 is 0 Å². The fraction of sp³-hybridized carbons (Fsp3) is 0.538. The standard InChI is InChI=1S/C13H20O/c1-9(2)6-12-7-11(4)13(14-5)8-10(12)3/h7-9H,6H2,1-5H3. The lowest BCUT2D eigenvalue weighted by molar-refractivity contribution is 0.411. The molecule has 0 N–H and O–H groups in total. The van der Waals surface area contributed by atoms with Gasteiger partial charge in [0.15, 0.2) is 0 Å². The van der Waals surface area contributed by atoms with Crippen molar-refractivity contribution >= 4 is 0 Å². The molecule has 0 bridgehead atoms. The predicted molar refractivity (Wildman–Crippen MR) is 61.0 cm³/mol. The zero-order chi connectivity index (χ0) is 10.7. The molecule has 0 amide bonds. The van der Waals surface area contributed by atoms with Gasteiger partial charge in [0.2, 0.25) is 0 Å². The number of rotatable bonds is 3. The van der Waals surface area contributed by atoms with E-state index in [4.69, 9.17) is 4.74 Å². The van der Waals surface area contributed by atoms with Crippen molar-refractivity contribution in [3.8, 4) is 5.75 Å². The summed E-state index contributed by atoms with van der Waals surface area (Å²) in [6.45, 7) is 8.75. The van der Waals surface area contributed by atoms with Gasteiger partial charge in [-0.05, 0) is 48.9 Å². The summed E-state index contributed by atoms with van der Waals surface area (Å²) in [4.78, 5) is 0. The van der Waals surface area contributed by atoms with Gasteiger partial charge in [0.25, 0.3) is 0 Å². The Hall–Kier alpha value is -0.980. The van der Waals surface area contributed by atoms with Gasteiger partial charge in [-0.1, -0.05) is 19.9 Å². The van der Waals surface area contributed by atoms with Gasteiger partial charge < -0.3 is 4.74 Å². The SMILES string of the molecule is COc1cc(C)c(CC(C)C)cc1C. The van der Waals surface area contributed by atoms with Gasteiger partial charge in [-0.25, -0.2) is 0 Å². The zero-order valence-corrected chi connectivity index (χ0v) is 9.85. The first-order chi connectivity index (χ1) is 6.54. The molecule has 0 saturated heterocycles. The molecule has 1 nitrogen and oxygen atoms in total. The highest BCUT2D eigenvalue weighted by Gasteiger charge is 2.06. The van der Waals surface area contributed by atoms with Crippen LogP contribution < -0.4 is 4.74 Å². The van der Waals surface area contributed by atoms with Crippen LogP contribution in [0.5, 0.6) is 5.75 Å². The third kappa shape index (κ3) is 2.50. The summed E-state index contributed by atoms with van der Waals surface area (Å²) in [5, 5.41) is 0. The Morgan fingerprint density at radius 1 is 1.14 bits per heavy atom. The lowest BCUT2D eigenvalue weighted by Crippen LogP contribution is -1.99. The van der Waals surface area contributed by atoms with Crippen LogP contribution in [-0.4, -0.2) is 7.11 Å². The molecular weight excluding hydrogens is 172 g/mol. The van der Waals surface area contributed by atoms with Crippen molar-refractivity contribution in [3.63, 3.8) is 0 Å². The third-order valence-corrected chi connectivity index (χ3v) is 2.48. The normalized spacial score (nSPS) is 10.7. The second kappa shape index (κ2) is 4.50. The van der Waals surface area contributed by atoms with E-state index in [1.807, 2.05) is 0 Å². The molecule has 14 heavy (non-hydrogen) atoms. The molecule has 0 atom stereocenters. The first kappa shape index (κ1) is 11.1. The van der Waals surface area contributed by atoms with E-state index in [0.717, 1.165) is 12.2 Å². The summed E-state index contributed by atoms with van der Waals surface area (Å²) in [6.07, 6.45) is 1.15. The summed E-state index contributed by atoms with van der Waals surface area (Å²) < 4.78 is 5.29. The number of benzene rings is 1. The van der Waals surface area contributed by atoms with Crippen LogP contribution in [0.1, 0.15) is 30.5 Å². The van der Waals surface area contributed by atoms with Crippen molar-refractivity contribution in [2.24, 2.45) is 5.92 Å². The molecule has 0 radical (unpaired) electrons. The van der Waals surface area contributed by atoms with Crippen molar-refractivity contribution in [1.82, 2.24) is 0 Å². The van der Waals surface area contributed by atoms with E-state index in [9.17, 15) is 0 Å². The average Bonchev–Trinajstić information content (AvgIpc) is 2.10. The lowest BCUT2D eigenvalue weighted by atomic mass is 9.96. The second-order valence-corrected chi connectivity index (χ2v) is 4.35. The Kier molecular flexibility index (Phi) is 3.56. The van der Waals surface area contributed by atoms with E-state index in [1.54, 1.807) is 7.11 Å². The molecule has 1 rings (SSSR count). The number of aryl methyl sites for hydroxylation is 2. The second-order valence-electron chi connectivity index (χ2n) is 4.35. The van der Waals surface area contributed by atoms with E-state index in [-0.39, 0.29) is 0 Å². The number of hydrogen-bond acceptors (Lipinski definition) is 1. The Bertz CT molecular complexity index is 313. The molecule has 0 aliphatic carbocycles. The van der Waals surface area contributed by atoms with Gasteiger partial charge in [0, 0.05) is 0 Å². The minimum Gasteiger partial charge on any atom is -0.496 e. The molecular formula is C13H20O. The molecule has 0 saturated carbocycles. The smallest absolute Gasteiger partial charge is 0.122 e. The average molecular weight is 192 g/mol. The molecule has 0 spiro atoms. The highest BCUT2D eigenvalue weighted by Crippen LogP contribution is 2.24. The molecule has 0 fully saturated rings. The van der Waals surface area contributed by atoms with Crippen molar-refractivity contribution in [1.29, 1.82) is 0 Å². The molecule has 1 aromatic rings. The Labute approximate surface area is 87.1 Å². The first-order valence-corrected chi connectivity index (χ1v) is 5.18. The minimum atomic E-state index is 0.710. The van der Waals surface area contributed by atoms with Crippen LogP contribution in [0.25, 0.3) is 0 Å². The van der Waals surface area contributed by atoms with E-state index >= 15 is 0 Å². The molecule has 0 unspecified atom stereocenters. The summed E-state index contributed by atoms with van der Waals surface area (Å²) in [6, 6.07) is 4.38. The molecule has 1 aromatic carbocycles. The maximum absolute atomic E-state index is 5.29. The predicted octanol–water partition coefficient (Wildman–Crippen LogP) is 3.51. The quantitative estimate of drug-likeness (QED) is 0.712. The highest BCUT2D eigenvalue weighted by molar-refractivity contribution is 5.41. The Morgan fingerprint density at radius 2 is 1.79 bits per heavy atom. The van der Waals surface area contributed by atoms with Crippen LogP contribution >= 0.6 is 0 Å². The third-order valence-electron chi connectivity index (χ3n) is 2.48. The summed E-state index contributed by atoms with van der Waals surface area (Å²) >= 11 is 0. The fourth-order valence-electron chi connectivity index (χ4n) is 1.73. The monoisotopic (exact) mass is 192 g/mol. The fourth-order valence-corrected chi connectivity index (χ4v) is 1.73. The molecule has 0 aromatic heterocycles. The van der Waals surface area contributed by atoms with Crippen LogP contribution in [0.2, 0.25) is 0 Å². The van der Waals surface area contributed by atoms with E-state index in [0.29, 0.717) is 5.92 Å². The van der Waals surface area contributed by atoms with E-state index in [1.165, 1.54) is 16.7 Å². The number of hydrogen-bond donors (Lipinski definition) is 0. The largest absolute Gasteiger partial charge is 0.496 e. The summed E-state index contributed by atoms with van der Waals surface area (Å²) in [5.41, 5.74) is 4.01. The summed E-state index contributed by atoms with van der Waals surface area (Å²) in [7, 11) is 1.73. The summed E-state index contributed by atoms with van der Waals surface area (Å²) in [5.74, 6) is 1.71. The van der Waals surface area contributed by atoms with Gasteiger partial charge in [0.1, 0.15) is 5.75 Å². The van der Waals surface area contributed by atoms with Crippen LogP contribution in [0.4, 0.5) is 0 Å². The molecule has 1 heteroatoms. The molecule has 78 valence electrons. The number of methoxy groups -OCH3 is 1.